The first-order chi connectivity index (χ1) is 13.6. The van der Waals surface area contributed by atoms with Crippen molar-refractivity contribution in [3.05, 3.63) is 46.8 Å². The molecule has 4 fully saturated rings. The number of ether oxygens (including phenoxy) is 1. The molecular weight excluding hydrogens is 354 g/mol. The summed E-state index contributed by atoms with van der Waals surface area (Å²) in [7, 11) is 1.69. The lowest BCUT2D eigenvalue weighted by Crippen LogP contribution is -2.60. The number of methoxy groups -OCH3 is 1. The maximum atomic E-state index is 13.5. The van der Waals surface area contributed by atoms with E-state index in [1.54, 1.807) is 7.11 Å². The third kappa shape index (κ3) is 2.58. The van der Waals surface area contributed by atoms with Gasteiger partial charge in [-0.25, -0.2) is 0 Å². The average molecular weight is 381 g/mol. The van der Waals surface area contributed by atoms with Gasteiger partial charge in [-0.15, -0.1) is 0 Å². The molecule has 6 nitrogen and oxygen atoms in total. The highest BCUT2D eigenvalue weighted by atomic mass is 16.5. The number of fused-ring (bicyclic) bond motifs is 2. The van der Waals surface area contributed by atoms with Crippen LogP contribution in [0.3, 0.4) is 0 Å². The zero-order valence-corrected chi connectivity index (χ0v) is 16.7. The van der Waals surface area contributed by atoms with Crippen LogP contribution in [0.5, 0.6) is 5.75 Å². The second-order valence-corrected chi connectivity index (χ2v) is 8.39. The monoisotopic (exact) mass is 381 g/mol. The molecule has 0 aliphatic carbocycles. The summed E-state index contributed by atoms with van der Waals surface area (Å²) >= 11 is 0. The number of nitrogens with zero attached hydrogens (tertiary/aromatic N) is 3. The van der Waals surface area contributed by atoms with Gasteiger partial charge >= 0.3 is 0 Å². The van der Waals surface area contributed by atoms with Crippen LogP contribution in [-0.4, -0.2) is 59.7 Å². The van der Waals surface area contributed by atoms with E-state index in [2.05, 4.69) is 27.1 Å². The minimum Gasteiger partial charge on any atom is -0.497 e. The fourth-order valence-corrected chi connectivity index (χ4v) is 5.73. The fourth-order valence-electron chi connectivity index (χ4n) is 5.73. The Balaban J connectivity index is 1.52. The molecule has 1 aromatic heterocycles. The molecule has 4 aliphatic rings. The summed E-state index contributed by atoms with van der Waals surface area (Å²) in [5, 5.41) is 4.01. The van der Waals surface area contributed by atoms with E-state index in [1.165, 1.54) is 18.4 Å². The molecule has 2 bridgehead atoms. The molecule has 5 heterocycles. The second kappa shape index (κ2) is 6.62. The van der Waals surface area contributed by atoms with E-state index in [9.17, 15) is 4.79 Å². The van der Waals surface area contributed by atoms with Crippen molar-refractivity contribution in [1.29, 1.82) is 0 Å². The molecule has 6 heteroatoms. The highest BCUT2D eigenvalue weighted by Gasteiger charge is 2.55. The smallest absolute Gasteiger partial charge is 0.259 e. The van der Waals surface area contributed by atoms with Crippen LogP contribution in [-0.2, 0) is 0 Å². The van der Waals surface area contributed by atoms with Gasteiger partial charge in [-0.2, -0.15) is 0 Å². The average Bonchev–Trinajstić information content (AvgIpc) is 3.30. The number of aromatic nitrogens is 1. The molecular formula is C22H27N3O3. The normalized spacial score (nSPS) is 31.1. The number of hydrogen-bond acceptors (Lipinski definition) is 5. The molecule has 0 N–H and O–H groups in total. The van der Waals surface area contributed by atoms with Crippen molar-refractivity contribution in [1.82, 2.24) is 15.0 Å². The van der Waals surface area contributed by atoms with Crippen molar-refractivity contribution in [2.45, 2.75) is 44.7 Å². The Bertz CT molecular complexity index is 863. The minimum absolute atomic E-state index is 0.0796. The number of amides is 1. The molecule has 0 spiro atoms. The third-order valence-corrected chi connectivity index (χ3v) is 7.05. The summed E-state index contributed by atoms with van der Waals surface area (Å²) in [6.07, 6.45) is 2.36. The van der Waals surface area contributed by atoms with Crippen LogP contribution in [0.4, 0.5) is 0 Å². The molecule has 4 saturated heterocycles. The number of carbonyl (C=O) groups excluding carboxylic acids is 1. The van der Waals surface area contributed by atoms with Gasteiger partial charge in [-0.05, 0) is 63.4 Å². The van der Waals surface area contributed by atoms with E-state index in [0.29, 0.717) is 34.9 Å². The Kier molecular flexibility index (Phi) is 4.19. The molecule has 3 atom stereocenters. The number of aryl methyl sites for hydroxylation is 2. The minimum atomic E-state index is 0.0796. The van der Waals surface area contributed by atoms with Gasteiger partial charge < -0.3 is 14.2 Å². The summed E-state index contributed by atoms with van der Waals surface area (Å²) in [5.41, 5.74) is 2.62. The number of hydrogen-bond donors (Lipinski definition) is 0. The topological polar surface area (TPSA) is 58.8 Å². The first kappa shape index (κ1) is 17.7. The molecule has 148 valence electrons. The lowest BCUT2D eigenvalue weighted by Gasteiger charge is -2.51. The Morgan fingerprint density at radius 1 is 1.14 bits per heavy atom. The van der Waals surface area contributed by atoms with Gasteiger partial charge in [0.15, 0.2) is 0 Å². The molecule has 0 radical (unpaired) electrons. The molecule has 1 aromatic carbocycles. The second-order valence-electron chi connectivity index (χ2n) is 8.39. The summed E-state index contributed by atoms with van der Waals surface area (Å²) in [6, 6.07) is 9.04. The van der Waals surface area contributed by atoms with Crippen molar-refractivity contribution in [3.63, 3.8) is 0 Å². The van der Waals surface area contributed by atoms with Crippen molar-refractivity contribution in [3.8, 4) is 5.75 Å². The van der Waals surface area contributed by atoms with Gasteiger partial charge in [0.1, 0.15) is 17.1 Å². The van der Waals surface area contributed by atoms with Gasteiger partial charge in [0.25, 0.3) is 5.91 Å². The highest BCUT2D eigenvalue weighted by Crippen LogP contribution is 2.47. The molecule has 4 aliphatic heterocycles. The largest absolute Gasteiger partial charge is 0.497 e. The van der Waals surface area contributed by atoms with Gasteiger partial charge in [0.2, 0.25) is 0 Å². The highest BCUT2D eigenvalue weighted by molar-refractivity contribution is 5.96. The zero-order chi connectivity index (χ0) is 19.4. The summed E-state index contributed by atoms with van der Waals surface area (Å²) < 4.78 is 10.6. The van der Waals surface area contributed by atoms with E-state index < -0.39 is 0 Å². The molecule has 0 saturated carbocycles. The Morgan fingerprint density at radius 2 is 1.86 bits per heavy atom. The first-order valence-electron chi connectivity index (χ1n) is 10.2. The van der Waals surface area contributed by atoms with Gasteiger partial charge in [-0.1, -0.05) is 17.3 Å². The standard InChI is InChI=1S/C22H27N3O3/c1-13-19(14(2)28-23-13)22(26)25-12-18(15-4-6-17(27-3)7-5-15)21-20(25)16-8-10-24(21)11-9-16/h4-7,16,18,20-21H,8-12H2,1-3H3/t18-,20+,21+/m0/s1. The van der Waals surface area contributed by atoms with Crippen molar-refractivity contribution < 1.29 is 14.1 Å². The lowest BCUT2D eigenvalue weighted by molar-refractivity contribution is -0.00347. The van der Waals surface area contributed by atoms with Crippen LogP contribution < -0.4 is 4.74 Å². The summed E-state index contributed by atoms with van der Waals surface area (Å²) in [6.45, 7) is 6.72. The summed E-state index contributed by atoms with van der Waals surface area (Å²) in [5.74, 6) is 2.47. The van der Waals surface area contributed by atoms with E-state index in [0.717, 1.165) is 25.4 Å². The number of piperidine rings is 3. The predicted octanol–water partition coefficient (Wildman–Crippen LogP) is 3.00. The number of carbonyl (C=O) groups is 1. The fraction of sp³-hybridized carbons (Fsp3) is 0.545. The lowest BCUT2D eigenvalue weighted by atomic mass is 9.75. The predicted molar refractivity (Wildman–Crippen MR) is 105 cm³/mol. The Hall–Kier alpha value is -2.34. The SMILES string of the molecule is COc1ccc([C@@H]2CN(C(=O)c3c(C)noc3C)[C@@H]3C4CCN(CC4)[C@@H]32)cc1. The molecule has 6 rings (SSSR count). The first-order valence-corrected chi connectivity index (χ1v) is 10.2. The quantitative estimate of drug-likeness (QED) is 0.818. The van der Waals surface area contributed by atoms with Crippen LogP contribution in [0.2, 0.25) is 0 Å². The van der Waals surface area contributed by atoms with E-state index in [4.69, 9.17) is 9.26 Å². The number of rotatable bonds is 3. The zero-order valence-electron chi connectivity index (χ0n) is 16.7. The van der Waals surface area contributed by atoms with Crippen LogP contribution in [0.15, 0.2) is 28.8 Å². The maximum Gasteiger partial charge on any atom is 0.259 e. The van der Waals surface area contributed by atoms with Gasteiger partial charge in [0.05, 0.1) is 18.8 Å². The van der Waals surface area contributed by atoms with Crippen molar-refractivity contribution in [2.24, 2.45) is 5.92 Å². The Labute approximate surface area is 165 Å². The van der Waals surface area contributed by atoms with Crippen LogP contribution in [0, 0.1) is 19.8 Å². The van der Waals surface area contributed by atoms with E-state index in [1.807, 2.05) is 26.0 Å². The third-order valence-electron chi connectivity index (χ3n) is 7.05. The van der Waals surface area contributed by atoms with Crippen LogP contribution >= 0.6 is 0 Å². The summed E-state index contributed by atoms with van der Waals surface area (Å²) in [4.78, 5) is 18.3. The van der Waals surface area contributed by atoms with Crippen molar-refractivity contribution >= 4 is 5.91 Å². The molecule has 28 heavy (non-hydrogen) atoms. The van der Waals surface area contributed by atoms with Crippen molar-refractivity contribution in [2.75, 3.05) is 26.7 Å². The molecule has 0 unspecified atom stereocenters. The van der Waals surface area contributed by atoms with Gasteiger partial charge in [0, 0.05) is 18.5 Å². The van der Waals surface area contributed by atoms with Crippen LogP contribution in [0.25, 0.3) is 0 Å². The Morgan fingerprint density at radius 3 is 2.46 bits per heavy atom. The van der Waals surface area contributed by atoms with Gasteiger partial charge in [-0.3, -0.25) is 9.69 Å². The van der Waals surface area contributed by atoms with E-state index >= 15 is 0 Å². The molecule has 1 amide bonds. The maximum absolute atomic E-state index is 13.5. The number of likely N-dealkylation sites (tertiary alicyclic amines) is 1. The molecule has 2 aromatic rings. The number of benzene rings is 1. The van der Waals surface area contributed by atoms with E-state index in [-0.39, 0.29) is 11.9 Å². The van der Waals surface area contributed by atoms with Crippen LogP contribution in [0.1, 0.15) is 46.1 Å².